The first-order chi connectivity index (χ1) is 12.6. The normalized spacial score (nSPS) is 23.7. The Kier molecular flexibility index (Phi) is 12.9. The Morgan fingerprint density at radius 1 is 1.15 bits per heavy atom. The first-order valence-corrected chi connectivity index (χ1v) is 10.7. The van der Waals surface area contributed by atoms with E-state index in [0.29, 0.717) is 12.0 Å². The fourth-order valence-corrected chi connectivity index (χ4v) is 3.99. The van der Waals surface area contributed by atoms with Crippen molar-refractivity contribution in [2.24, 2.45) is 10.9 Å². The largest absolute Gasteiger partial charge is 0.379 e. The van der Waals surface area contributed by atoms with Crippen molar-refractivity contribution < 1.29 is 4.74 Å². The van der Waals surface area contributed by atoms with E-state index in [9.17, 15) is 0 Å². The maximum Gasteiger partial charge on any atom is 0.191 e. The van der Waals surface area contributed by atoms with Crippen LogP contribution in [0.25, 0.3) is 0 Å². The number of halogens is 1. The van der Waals surface area contributed by atoms with E-state index in [1.807, 2.05) is 0 Å². The molecule has 0 aromatic carbocycles. The minimum atomic E-state index is 0. The van der Waals surface area contributed by atoms with Crippen LogP contribution in [0.5, 0.6) is 0 Å². The molecule has 0 aromatic heterocycles. The lowest BCUT2D eigenvalue weighted by Gasteiger charge is -2.36. The van der Waals surface area contributed by atoms with E-state index in [0.717, 1.165) is 64.5 Å². The molecule has 7 heteroatoms. The maximum absolute atomic E-state index is 5.51. The highest BCUT2D eigenvalue weighted by atomic mass is 127. The van der Waals surface area contributed by atoms with Gasteiger partial charge in [0.1, 0.15) is 0 Å². The van der Waals surface area contributed by atoms with E-state index in [2.05, 4.69) is 48.1 Å². The summed E-state index contributed by atoms with van der Waals surface area (Å²) in [6.45, 7) is 17.9. The zero-order valence-corrected chi connectivity index (χ0v) is 20.2. The molecule has 6 nitrogen and oxygen atoms in total. The van der Waals surface area contributed by atoms with Gasteiger partial charge in [-0.25, -0.2) is 0 Å². The van der Waals surface area contributed by atoms with Crippen molar-refractivity contribution in [1.82, 2.24) is 20.4 Å². The Morgan fingerprint density at radius 3 is 2.52 bits per heavy atom. The third kappa shape index (κ3) is 8.83. The van der Waals surface area contributed by atoms with Gasteiger partial charge in [-0.1, -0.05) is 20.3 Å². The summed E-state index contributed by atoms with van der Waals surface area (Å²) >= 11 is 0. The van der Waals surface area contributed by atoms with Gasteiger partial charge in [-0.2, -0.15) is 0 Å². The number of likely N-dealkylation sites (tertiary alicyclic amines) is 1. The standard InChI is InChI=1S/C20H41N5O.HI/c1-5-21-20(22-9-11-24-10-7-6-8-18(24)4)23-16-19(17(2)3)25-12-14-26-15-13-25;/h17-19H,5-16H2,1-4H3,(H2,21,22,23);1H. The smallest absolute Gasteiger partial charge is 0.191 e. The monoisotopic (exact) mass is 495 g/mol. The van der Waals surface area contributed by atoms with Crippen LogP contribution in [-0.4, -0.2) is 86.9 Å². The number of ether oxygens (including phenoxy) is 1. The van der Waals surface area contributed by atoms with Crippen molar-refractivity contribution in [1.29, 1.82) is 0 Å². The summed E-state index contributed by atoms with van der Waals surface area (Å²) in [6.07, 6.45) is 4.06. The molecule has 2 unspecified atom stereocenters. The molecule has 0 aromatic rings. The number of rotatable bonds is 8. The van der Waals surface area contributed by atoms with Crippen LogP contribution in [-0.2, 0) is 4.74 Å². The number of nitrogens with one attached hydrogen (secondary N) is 2. The molecule has 27 heavy (non-hydrogen) atoms. The summed E-state index contributed by atoms with van der Waals surface area (Å²) in [5.74, 6) is 1.55. The van der Waals surface area contributed by atoms with Crippen molar-refractivity contribution >= 4 is 29.9 Å². The van der Waals surface area contributed by atoms with Gasteiger partial charge in [-0.15, -0.1) is 24.0 Å². The second-order valence-electron chi connectivity index (χ2n) is 7.99. The highest BCUT2D eigenvalue weighted by Gasteiger charge is 2.23. The predicted octanol–water partition coefficient (Wildman–Crippen LogP) is 2.39. The molecule has 2 saturated heterocycles. The van der Waals surface area contributed by atoms with E-state index in [4.69, 9.17) is 9.73 Å². The summed E-state index contributed by atoms with van der Waals surface area (Å²) in [6, 6.07) is 1.20. The van der Waals surface area contributed by atoms with Crippen molar-refractivity contribution in [2.75, 3.05) is 59.0 Å². The third-order valence-electron chi connectivity index (χ3n) is 5.70. The number of hydrogen-bond acceptors (Lipinski definition) is 4. The molecule has 0 aliphatic carbocycles. The van der Waals surface area contributed by atoms with Gasteiger partial charge in [-0.05, 0) is 39.2 Å². The molecule has 2 fully saturated rings. The van der Waals surface area contributed by atoms with Gasteiger partial charge >= 0.3 is 0 Å². The lowest BCUT2D eigenvalue weighted by Crippen LogP contribution is -2.48. The Bertz CT molecular complexity index is 415. The van der Waals surface area contributed by atoms with Crippen molar-refractivity contribution in [3.8, 4) is 0 Å². The minimum Gasteiger partial charge on any atom is -0.379 e. The summed E-state index contributed by atoms with van der Waals surface area (Å²) < 4.78 is 5.51. The highest BCUT2D eigenvalue weighted by molar-refractivity contribution is 14.0. The average Bonchev–Trinajstić information content (AvgIpc) is 2.64. The van der Waals surface area contributed by atoms with Crippen LogP contribution in [0, 0.1) is 5.92 Å². The van der Waals surface area contributed by atoms with E-state index in [-0.39, 0.29) is 24.0 Å². The summed E-state index contributed by atoms with van der Waals surface area (Å²) in [7, 11) is 0. The number of nitrogens with zero attached hydrogens (tertiary/aromatic N) is 3. The predicted molar refractivity (Wildman–Crippen MR) is 125 cm³/mol. The van der Waals surface area contributed by atoms with Gasteiger partial charge in [0.05, 0.1) is 19.8 Å². The van der Waals surface area contributed by atoms with Crippen LogP contribution in [0.1, 0.15) is 47.0 Å². The maximum atomic E-state index is 5.51. The Labute approximate surface area is 183 Å². The quantitative estimate of drug-likeness (QED) is 0.308. The summed E-state index contributed by atoms with van der Waals surface area (Å²) in [5.41, 5.74) is 0. The molecule has 2 aliphatic heterocycles. The van der Waals surface area contributed by atoms with Gasteiger partial charge in [0.15, 0.2) is 5.96 Å². The third-order valence-corrected chi connectivity index (χ3v) is 5.70. The Hall–Kier alpha value is -0.120. The SMILES string of the molecule is CCNC(=NCC(C(C)C)N1CCOCC1)NCCN1CCCCC1C.I. The van der Waals surface area contributed by atoms with Gasteiger partial charge in [-0.3, -0.25) is 14.8 Å². The van der Waals surface area contributed by atoms with Gasteiger partial charge in [0, 0.05) is 44.8 Å². The zero-order chi connectivity index (χ0) is 18.8. The minimum absolute atomic E-state index is 0. The molecule has 0 amide bonds. The first kappa shape index (κ1) is 24.9. The second-order valence-corrected chi connectivity index (χ2v) is 7.99. The molecule has 2 heterocycles. The van der Waals surface area contributed by atoms with Crippen LogP contribution in [0.15, 0.2) is 4.99 Å². The van der Waals surface area contributed by atoms with Crippen LogP contribution in [0.4, 0.5) is 0 Å². The molecular formula is C20H42IN5O. The molecule has 2 aliphatic rings. The van der Waals surface area contributed by atoms with Crippen LogP contribution >= 0.6 is 24.0 Å². The summed E-state index contributed by atoms with van der Waals surface area (Å²) in [5, 5.41) is 6.95. The summed E-state index contributed by atoms with van der Waals surface area (Å²) in [4.78, 5) is 10.0. The molecule has 0 spiro atoms. The zero-order valence-electron chi connectivity index (χ0n) is 17.9. The topological polar surface area (TPSA) is 52.1 Å². The number of guanidine groups is 1. The van der Waals surface area contributed by atoms with Gasteiger partial charge < -0.3 is 15.4 Å². The number of piperidine rings is 1. The van der Waals surface area contributed by atoms with Crippen LogP contribution < -0.4 is 10.6 Å². The average molecular weight is 495 g/mol. The molecule has 0 radical (unpaired) electrons. The molecule has 160 valence electrons. The van der Waals surface area contributed by atoms with Crippen LogP contribution in [0.2, 0.25) is 0 Å². The van der Waals surface area contributed by atoms with Crippen molar-refractivity contribution in [3.63, 3.8) is 0 Å². The Morgan fingerprint density at radius 2 is 1.89 bits per heavy atom. The van der Waals surface area contributed by atoms with Crippen molar-refractivity contribution in [3.05, 3.63) is 0 Å². The fraction of sp³-hybridized carbons (Fsp3) is 0.950. The van der Waals surface area contributed by atoms with Gasteiger partial charge in [0.25, 0.3) is 0 Å². The van der Waals surface area contributed by atoms with Crippen molar-refractivity contribution in [2.45, 2.75) is 59.0 Å². The second kappa shape index (κ2) is 14.0. The van der Waals surface area contributed by atoms with Crippen LogP contribution in [0.3, 0.4) is 0 Å². The fourth-order valence-electron chi connectivity index (χ4n) is 3.99. The molecule has 0 bridgehead atoms. The molecule has 2 atom stereocenters. The Balaban J connectivity index is 0.00000364. The first-order valence-electron chi connectivity index (χ1n) is 10.7. The van der Waals surface area contributed by atoms with E-state index in [1.165, 1.54) is 25.8 Å². The number of hydrogen-bond donors (Lipinski definition) is 2. The molecule has 0 saturated carbocycles. The molecule has 2 N–H and O–H groups in total. The lowest BCUT2D eigenvalue weighted by molar-refractivity contribution is 0.00867. The van der Waals surface area contributed by atoms with Gasteiger partial charge in [0.2, 0.25) is 0 Å². The number of morpholine rings is 1. The van der Waals surface area contributed by atoms with E-state index >= 15 is 0 Å². The number of aliphatic imine (C=N–C) groups is 1. The lowest BCUT2D eigenvalue weighted by atomic mass is 10.0. The molecular weight excluding hydrogens is 453 g/mol. The van der Waals surface area contributed by atoms with E-state index < -0.39 is 0 Å². The molecule has 2 rings (SSSR count). The van der Waals surface area contributed by atoms with E-state index in [1.54, 1.807) is 0 Å². The highest BCUT2D eigenvalue weighted by Crippen LogP contribution is 2.15.